The second kappa shape index (κ2) is 7.98. The summed E-state index contributed by atoms with van der Waals surface area (Å²) >= 11 is 1.39. The third-order valence-electron chi connectivity index (χ3n) is 4.69. The molecule has 1 saturated heterocycles. The molecule has 2 aromatic heterocycles. The number of hydrogen-bond acceptors (Lipinski definition) is 6. The van der Waals surface area contributed by atoms with Gasteiger partial charge in [0.15, 0.2) is 16.5 Å². The molecule has 0 saturated carbocycles. The van der Waals surface area contributed by atoms with Gasteiger partial charge in [0.05, 0.1) is 6.26 Å². The van der Waals surface area contributed by atoms with E-state index in [-0.39, 0.29) is 12.5 Å². The minimum absolute atomic E-state index is 0.0598. The van der Waals surface area contributed by atoms with Crippen LogP contribution in [-0.4, -0.2) is 34.8 Å². The Bertz CT molecular complexity index is 971. The van der Waals surface area contributed by atoms with Crippen LogP contribution in [0.5, 0.6) is 0 Å². The van der Waals surface area contributed by atoms with E-state index >= 15 is 0 Å². The smallest absolute Gasteiger partial charge is 0.358 e. The molecule has 0 N–H and O–H groups in total. The number of ether oxygens (including phenoxy) is 1. The monoisotopic (exact) mass is 396 g/mol. The van der Waals surface area contributed by atoms with Crippen molar-refractivity contribution in [2.75, 3.05) is 13.1 Å². The maximum Gasteiger partial charge on any atom is 0.358 e. The van der Waals surface area contributed by atoms with E-state index in [0.29, 0.717) is 22.0 Å². The lowest BCUT2D eigenvalue weighted by Gasteiger charge is -2.15. The number of furan rings is 1. The highest BCUT2D eigenvalue weighted by molar-refractivity contribution is 7.15. The van der Waals surface area contributed by atoms with Crippen molar-refractivity contribution in [3.05, 3.63) is 64.4 Å². The topological polar surface area (TPSA) is 72.6 Å². The molecule has 28 heavy (non-hydrogen) atoms. The van der Waals surface area contributed by atoms with Crippen molar-refractivity contribution in [1.82, 2.24) is 9.88 Å². The second-order valence-corrected chi connectivity index (χ2v) is 7.88. The first-order valence-corrected chi connectivity index (χ1v) is 10.00. The van der Waals surface area contributed by atoms with Crippen molar-refractivity contribution in [3.63, 3.8) is 0 Å². The van der Waals surface area contributed by atoms with Crippen molar-refractivity contribution in [1.29, 1.82) is 0 Å². The summed E-state index contributed by atoms with van der Waals surface area (Å²) in [6, 6.07) is 10.8. The third-order valence-corrected chi connectivity index (χ3v) is 5.67. The molecule has 6 nitrogen and oxygen atoms in total. The molecule has 0 unspecified atom stereocenters. The van der Waals surface area contributed by atoms with Gasteiger partial charge in [-0.2, -0.15) is 0 Å². The van der Waals surface area contributed by atoms with Gasteiger partial charge >= 0.3 is 5.97 Å². The minimum atomic E-state index is -0.469. The first-order valence-electron chi connectivity index (χ1n) is 9.18. The fourth-order valence-corrected chi connectivity index (χ4v) is 4.02. The molecule has 1 amide bonds. The van der Waals surface area contributed by atoms with Crippen molar-refractivity contribution in [3.8, 4) is 10.8 Å². The molecule has 1 aliphatic heterocycles. The van der Waals surface area contributed by atoms with Crippen LogP contribution in [0.2, 0.25) is 0 Å². The van der Waals surface area contributed by atoms with Gasteiger partial charge in [-0.1, -0.05) is 12.1 Å². The van der Waals surface area contributed by atoms with Crippen LogP contribution >= 0.6 is 11.3 Å². The summed E-state index contributed by atoms with van der Waals surface area (Å²) in [6.07, 6.45) is 3.71. The van der Waals surface area contributed by atoms with E-state index in [0.717, 1.165) is 36.4 Å². The first-order chi connectivity index (χ1) is 13.6. The van der Waals surface area contributed by atoms with Crippen LogP contribution in [0.1, 0.15) is 44.1 Å². The van der Waals surface area contributed by atoms with E-state index in [1.807, 2.05) is 24.0 Å². The molecule has 1 aliphatic rings. The standard InChI is InChI=1S/C21H20N2O4S/c1-14-18(22-19(28-14)17-5-4-12-26-17)21(25)27-13-15-6-8-16(9-7-15)20(24)23-10-2-3-11-23/h4-9,12H,2-3,10-11,13H2,1H3. The van der Waals surface area contributed by atoms with Gasteiger partial charge in [0.2, 0.25) is 0 Å². The quantitative estimate of drug-likeness (QED) is 0.601. The Morgan fingerprint density at radius 3 is 2.61 bits per heavy atom. The number of aryl methyl sites for hydroxylation is 1. The van der Waals surface area contributed by atoms with Crippen LogP contribution in [0.4, 0.5) is 0 Å². The van der Waals surface area contributed by atoms with Crippen molar-refractivity contribution >= 4 is 23.2 Å². The van der Waals surface area contributed by atoms with Gasteiger partial charge in [0, 0.05) is 23.5 Å². The molecular weight excluding hydrogens is 376 g/mol. The molecule has 0 radical (unpaired) electrons. The fraction of sp³-hybridized carbons (Fsp3) is 0.286. The molecule has 1 aromatic carbocycles. The van der Waals surface area contributed by atoms with Gasteiger partial charge in [-0.15, -0.1) is 11.3 Å². The zero-order valence-corrected chi connectivity index (χ0v) is 16.3. The van der Waals surface area contributed by atoms with Crippen molar-refractivity contribution in [2.24, 2.45) is 0 Å². The number of thiazole rings is 1. The number of likely N-dealkylation sites (tertiary alicyclic amines) is 1. The Balaban J connectivity index is 1.38. The zero-order valence-electron chi connectivity index (χ0n) is 15.5. The maximum atomic E-state index is 12.4. The number of carbonyl (C=O) groups excluding carboxylic acids is 2. The van der Waals surface area contributed by atoms with E-state index in [4.69, 9.17) is 9.15 Å². The number of amides is 1. The Morgan fingerprint density at radius 2 is 1.93 bits per heavy atom. The summed E-state index contributed by atoms with van der Waals surface area (Å²) in [5.74, 6) is 0.221. The number of esters is 1. The predicted molar refractivity (Wildman–Crippen MR) is 105 cm³/mol. The summed E-state index contributed by atoms with van der Waals surface area (Å²) in [5, 5.41) is 0.652. The van der Waals surface area contributed by atoms with E-state index in [2.05, 4.69) is 4.98 Å². The number of hydrogen-bond donors (Lipinski definition) is 0. The highest BCUT2D eigenvalue weighted by Gasteiger charge is 2.20. The summed E-state index contributed by atoms with van der Waals surface area (Å²) in [5.41, 5.74) is 1.79. The van der Waals surface area contributed by atoms with E-state index in [9.17, 15) is 9.59 Å². The number of rotatable bonds is 5. The average Bonchev–Trinajstić information content (AvgIpc) is 3.47. The molecule has 0 bridgehead atoms. The summed E-state index contributed by atoms with van der Waals surface area (Å²) in [4.78, 5) is 31.8. The SMILES string of the molecule is Cc1sc(-c2ccco2)nc1C(=O)OCc1ccc(C(=O)N2CCCC2)cc1. The lowest BCUT2D eigenvalue weighted by atomic mass is 10.1. The number of carbonyl (C=O) groups is 2. The van der Waals surface area contributed by atoms with E-state index in [1.165, 1.54) is 11.3 Å². The largest absolute Gasteiger partial charge is 0.462 e. The molecule has 7 heteroatoms. The lowest BCUT2D eigenvalue weighted by Crippen LogP contribution is -2.27. The minimum Gasteiger partial charge on any atom is -0.462 e. The summed E-state index contributed by atoms with van der Waals surface area (Å²) in [6.45, 7) is 3.61. The maximum absolute atomic E-state index is 12.4. The van der Waals surface area contributed by atoms with E-state index < -0.39 is 5.97 Å². The van der Waals surface area contributed by atoms with Crippen LogP contribution in [-0.2, 0) is 11.3 Å². The fourth-order valence-electron chi connectivity index (χ4n) is 3.16. The van der Waals surface area contributed by atoms with Crippen LogP contribution in [0.25, 0.3) is 10.8 Å². The Hall–Kier alpha value is -2.93. The van der Waals surface area contributed by atoms with Crippen LogP contribution in [0, 0.1) is 6.92 Å². The van der Waals surface area contributed by atoms with Gasteiger partial charge in [-0.25, -0.2) is 9.78 Å². The van der Waals surface area contributed by atoms with Crippen molar-refractivity contribution in [2.45, 2.75) is 26.4 Å². The highest BCUT2D eigenvalue weighted by Crippen LogP contribution is 2.28. The molecule has 0 spiro atoms. The van der Waals surface area contributed by atoms with E-state index in [1.54, 1.807) is 30.5 Å². The molecule has 4 rings (SSSR count). The number of aromatic nitrogens is 1. The molecule has 3 heterocycles. The predicted octanol–water partition coefficient (Wildman–Crippen LogP) is 4.30. The second-order valence-electron chi connectivity index (χ2n) is 6.67. The highest BCUT2D eigenvalue weighted by atomic mass is 32.1. The first kappa shape index (κ1) is 18.4. The Labute approximate surface area is 166 Å². The van der Waals surface area contributed by atoms with Gasteiger partial charge in [0.1, 0.15) is 6.61 Å². The molecule has 1 fully saturated rings. The van der Waals surface area contributed by atoms with Crippen LogP contribution in [0.15, 0.2) is 47.1 Å². The average molecular weight is 396 g/mol. The van der Waals surface area contributed by atoms with Gasteiger partial charge in [-0.05, 0) is 49.6 Å². The van der Waals surface area contributed by atoms with Crippen LogP contribution < -0.4 is 0 Å². The van der Waals surface area contributed by atoms with Gasteiger partial charge in [0.25, 0.3) is 5.91 Å². The van der Waals surface area contributed by atoms with Crippen molar-refractivity contribution < 1.29 is 18.7 Å². The Morgan fingerprint density at radius 1 is 1.18 bits per heavy atom. The molecule has 144 valence electrons. The number of benzene rings is 1. The molecule has 3 aromatic rings. The van der Waals surface area contributed by atoms with Crippen LogP contribution in [0.3, 0.4) is 0 Å². The summed E-state index contributed by atoms with van der Waals surface area (Å²) in [7, 11) is 0. The molecule has 0 atom stereocenters. The van der Waals surface area contributed by atoms with Gasteiger partial charge < -0.3 is 14.1 Å². The Kier molecular flexibility index (Phi) is 5.25. The number of nitrogens with zero attached hydrogens (tertiary/aromatic N) is 2. The third kappa shape index (κ3) is 3.84. The molecular formula is C21H20N2O4S. The normalized spacial score (nSPS) is 13.7. The lowest BCUT2D eigenvalue weighted by molar-refractivity contribution is 0.0465. The zero-order chi connectivity index (χ0) is 19.5. The molecule has 0 aliphatic carbocycles. The summed E-state index contributed by atoms with van der Waals surface area (Å²) < 4.78 is 10.7. The van der Waals surface area contributed by atoms with Gasteiger partial charge in [-0.3, -0.25) is 4.79 Å².